The van der Waals surface area contributed by atoms with E-state index in [2.05, 4.69) is 45.0 Å². The fraction of sp³-hybridized carbons (Fsp3) is 0.457. The molecule has 1 fully saturated rings. The molecule has 14 heteroatoms. The Balaban J connectivity index is 1.83. The van der Waals surface area contributed by atoms with Crippen LogP contribution in [0.5, 0.6) is 17.2 Å². The lowest BCUT2D eigenvalue weighted by atomic mass is 9.87. The molecule has 0 bridgehead atoms. The van der Waals surface area contributed by atoms with E-state index in [4.69, 9.17) is 37.0 Å². The first kappa shape index (κ1) is 46.6. The third-order valence-electron chi connectivity index (χ3n) is 10.6. The lowest BCUT2D eigenvalue weighted by molar-refractivity contribution is -0.0162. The lowest BCUT2D eigenvalue weighted by Gasteiger charge is -2.45. The predicted molar refractivity (Wildman–Crippen MR) is 235 cm³/mol. The molecule has 0 aromatic heterocycles. The van der Waals surface area contributed by atoms with Crippen molar-refractivity contribution in [2.24, 2.45) is 0 Å². The summed E-state index contributed by atoms with van der Waals surface area (Å²) >= 11 is 0. The minimum Gasteiger partial charge on any atom is -0.496 e. The Labute approximate surface area is 357 Å². The highest BCUT2D eigenvalue weighted by Crippen LogP contribution is 2.48. The van der Waals surface area contributed by atoms with Crippen LogP contribution in [0.1, 0.15) is 64.2 Å². The van der Waals surface area contributed by atoms with Crippen LogP contribution in [-0.4, -0.2) is 99.1 Å². The number of hydrogen-bond donors (Lipinski definition) is 0. The molecule has 1 heterocycles. The van der Waals surface area contributed by atoms with E-state index in [0.717, 1.165) is 22.2 Å². The van der Waals surface area contributed by atoms with Gasteiger partial charge in [-0.25, -0.2) is 4.79 Å². The van der Waals surface area contributed by atoms with Gasteiger partial charge < -0.3 is 32.8 Å². The molecule has 1 aliphatic rings. The van der Waals surface area contributed by atoms with Crippen molar-refractivity contribution in [3.8, 4) is 17.2 Å². The van der Waals surface area contributed by atoms with Gasteiger partial charge >= 0.3 is 6.09 Å². The van der Waals surface area contributed by atoms with Crippen LogP contribution < -0.4 is 24.6 Å². The molecular weight excluding hydrogens is 803 g/mol. The van der Waals surface area contributed by atoms with Crippen LogP contribution in [0.4, 0.5) is 4.79 Å². The number of benzene rings is 4. The van der Waals surface area contributed by atoms with Crippen molar-refractivity contribution >= 4 is 34.9 Å². The van der Waals surface area contributed by atoms with Gasteiger partial charge in [-0.1, -0.05) is 112 Å². The van der Waals surface area contributed by atoms with Crippen LogP contribution in [-0.2, 0) is 39.5 Å². The van der Waals surface area contributed by atoms with Crippen molar-refractivity contribution < 1.29 is 50.2 Å². The van der Waals surface area contributed by atoms with Crippen molar-refractivity contribution in [2.45, 2.75) is 89.9 Å². The molecule has 0 aliphatic carbocycles. The van der Waals surface area contributed by atoms with Crippen LogP contribution in [0.2, 0.25) is 5.04 Å². The first-order chi connectivity index (χ1) is 28.3. The van der Waals surface area contributed by atoms with E-state index < -0.39 is 59.3 Å². The average molecular weight is 864 g/mol. The number of ether oxygens (including phenoxy) is 6. The monoisotopic (exact) mass is 863 g/mol. The Kier molecular flexibility index (Phi) is 15.2. The second-order valence-electron chi connectivity index (χ2n) is 17.0. The van der Waals surface area contributed by atoms with Gasteiger partial charge in [-0.15, -0.1) is 0 Å². The van der Waals surface area contributed by atoms with Crippen LogP contribution in [0.15, 0.2) is 97.1 Å². The van der Waals surface area contributed by atoms with Gasteiger partial charge in [0.1, 0.15) is 23.6 Å². The predicted octanol–water partition coefficient (Wildman–Crippen LogP) is 7.20. The van der Waals surface area contributed by atoms with Crippen LogP contribution in [0.25, 0.3) is 0 Å². The Morgan fingerprint density at radius 1 is 0.833 bits per heavy atom. The second-order valence-corrected chi connectivity index (χ2v) is 22.9. The molecule has 4 atom stereocenters. The standard InChI is InChI=1S/C46H61NO11SSi/c1-32-38(52-9)27-36(42(41(32)53-10)55-31-51-8)37(30-56-60(46(5,6)7,34-23-17-13-18-24-34)35-25-19-14-20-26-35)40-43(58-59(11,49)50)39(54-29-33-21-15-12-16-22-33)28-47(40)44(48)57-45(2,3)4/h12-27,37,39-40,43H,28-31H2,1-11H3/t37-,39-,40+,43-/m1/s1. The number of hydrogen-bond acceptors (Lipinski definition) is 11. The average Bonchev–Trinajstić information content (AvgIpc) is 3.54. The fourth-order valence-electron chi connectivity index (χ4n) is 8.10. The summed E-state index contributed by atoms with van der Waals surface area (Å²) in [6.45, 7) is 13.6. The maximum absolute atomic E-state index is 14.6. The molecule has 60 heavy (non-hydrogen) atoms. The Hall–Kier alpha value is -4.44. The topological polar surface area (TPSA) is 128 Å². The number of amides is 1. The molecule has 1 amide bonds. The molecule has 4 aromatic carbocycles. The zero-order valence-corrected chi connectivity index (χ0v) is 38.5. The first-order valence-corrected chi connectivity index (χ1v) is 23.7. The molecule has 0 unspecified atom stereocenters. The zero-order chi connectivity index (χ0) is 43.9. The smallest absolute Gasteiger partial charge is 0.410 e. The molecule has 4 aromatic rings. The minimum absolute atomic E-state index is 0.0506. The summed E-state index contributed by atoms with van der Waals surface area (Å²) in [7, 11) is -2.84. The number of carbonyl (C=O) groups is 1. The molecule has 0 spiro atoms. The first-order valence-electron chi connectivity index (χ1n) is 20.0. The van der Waals surface area contributed by atoms with Crippen LogP contribution in [0.3, 0.4) is 0 Å². The van der Waals surface area contributed by atoms with Gasteiger partial charge in [-0.3, -0.25) is 9.08 Å². The largest absolute Gasteiger partial charge is 0.496 e. The zero-order valence-electron chi connectivity index (χ0n) is 36.7. The summed E-state index contributed by atoms with van der Waals surface area (Å²) in [6.07, 6.45) is -1.85. The third kappa shape index (κ3) is 10.7. The van der Waals surface area contributed by atoms with Gasteiger partial charge in [0.05, 0.1) is 39.7 Å². The van der Waals surface area contributed by atoms with E-state index in [1.807, 2.05) is 79.7 Å². The molecule has 0 radical (unpaired) electrons. The van der Waals surface area contributed by atoms with Crippen molar-refractivity contribution in [1.82, 2.24) is 4.90 Å². The van der Waals surface area contributed by atoms with Gasteiger partial charge in [-0.05, 0) is 54.7 Å². The van der Waals surface area contributed by atoms with E-state index in [9.17, 15) is 13.2 Å². The molecule has 5 rings (SSSR count). The van der Waals surface area contributed by atoms with Crippen LogP contribution in [0, 0.1) is 6.92 Å². The lowest BCUT2D eigenvalue weighted by Crippen LogP contribution is -2.67. The van der Waals surface area contributed by atoms with E-state index in [-0.39, 0.29) is 26.6 Å². The van der Waals surface area contributed by atoms with E-state index >= 15 is 0 Å². The SMILES string of the molecule is COCOc1c([C@@H](CO[Si](c2ccccc2)(c2ccccc2)C(C)(C)C)[C@H]2[C@H](OS(C)(=O)=O)[C@H](OCc3ccccc3)CN2C(=O)OC(C)(C)C)cc(OC)c(C)c1OC. The van der Waals surface area contributed by atoms with E-state index in [1.54, 1.807) is 27.9 Å². The van der Waals surface area contributed by atoms with Crippen molar-refractivity contribution in [2.75, 3.05) is 47.5 Å². The van der Waals surface area contributed by atoms with Gasteiger partial charge in [0, 0.05) is 30.8 Å². The summed E-state index contributed by atoms with van der Waals surface area (Å²) in [6, 6.07) is 30.6. The number of likely N-dealkylation sites (tertiary alicyclic amines) is 1. The quantitative estimate of drug-likeness (QED) is 0.0608. The van der Waals surface area contributed by atoms with Gasteiger partial charge in [0.2, 0.25) is 0 Å². The summed E-state index contributed by atoms with van der Waals surface area (Å²) < 4.78 is 76.8. The molecule has 12 nitrogen and oxygen atoms in total. The molecule has 326 valence electrons. The van der Waals surface area contributed by atoms with Crippen molar-refractivity contribution in [3.05, 3.63) is 114 Å². The number of rotatable bonds is 17. The van der Waals surface area contributed by atoms with Gasteiger partial charge in [0.15, 0.2) is 18.3 Å². The van der Waals surface area contributed by atoms with E-state index in [1.165, 1.54) is 19.1 Å². The molecule has 0 N–H and O–H groups in total. The second kappa shape index (κ2) is 19.5. The highest BCUT2D eigenvalue weighted by atomic mass is 32.2. The molecule has 1 aliphatic heterocycles. The van der Waals surface area contributed by atoms with Crippen LogP contribution >= 0.6 is 0 Å². The molecule has 1 saturated heterocycles. The third-order valence-corrected chi connectivity index (χ3v) is 16.2. The number of carbonyl (C=O) groups excluding carboxylic acids is 1. The Morgan fingerprint density at radius 2 is 1.40 bits per heavy atom. The molecule has 0 saturated carbocycles. The van der Waals surface area contributed by atoms with E-state index in [0.29, 0.717) is 28.4 Å². The summed E-state index contributed by atoms with van der Waals surface area (Å²) in [5, 5.41) is 1.62. The highest BCUT2D eigenvalue weighted by Gasteiger charge is 2.55. The van der Waals surface area contributed by atoms with Gasteiger partial charge in [-0.2, -0.15) is 8.42 Å². The number of methoxy groups -OCH3 is 3. The normalized spacial score (nSPS) is 17.9. The summed E-state index contributed by atoms with van der Waals surface area (Å²) in [5.41, 5.74) is 1.12. The Morgan fingerprint density at radius 3 is 1.88 bits per heavy atom. The van der Waals surface area contributed by atoms with Gasteiger partial charge in [0.25, 0.3) is 18.4 Å². The fourth-order valence-corrected chi connectivity index (χ4v) is 13.3. The summed E-state index contributed by atoms with van der Waals surface area (Å²) in [4.78, 5) is 16.1. The maximum atomic E-state index is 14.6. The number of nitrogens with zero attached hydrogens (tertiary/aromatic N) is 1. The minimum atomic E-state index is -4.16. The summed E-state index contributed by atoms with van der Waals surface area (Å²) in [5.74, 6) is 0.272. The maximum Gasteiger partial charge on any atom is 0.410 e. The highest BCUT2D eigenvalue weighted by molar-refractivity contribution is 7.86. The van der Waals surface area contributed by atoms with Crippen molar-refractivity contribution in [3.63, 3.8) is 0 Å². The van der Waals surface area contributed by atoms with Crippen molar-refractivity contribution in [1.29, 1.82) is 0 Å². The molecular formula is C46H61NO11SSi. The Bertz CT molecular complexity index is 2090.